The van der Waals surface area contributed by atoms with Crippen LogP contribution in [0.5, 0.6) is 0 Å². The van der Waals surface area contributed by atoms with Crippen LogP contribution in [-0.4, -0.2) is 36.3 Å². The van der Waals surface area contributed by atoms with Crippen molar-refractivity contribution in [3.63, 3.8) is 0 Å². The molecule has 0 atom stereocenters. The van der Waals surface area contributed by atoms with Crippen LogP contribution in [0.3, 0.4) is 0 Å². The maximum absolute atomic E-state index is 5.28. The topological polar surface area (TPSA) is 73.1 Å². The highest BCUT2D eigenvalue weighted by atomic mass is 16.5. The Balaban J connectivity index is 2.18. The third kappa shape index (κ3) is 4.15. The third-order valence-corrected chi connectivity index (χ3v) is 1.62. The number of anilines is 1. The van der Waals surface area contributed by atoms with Gasteiger partial charge in [-0.25, -0.2) is 9.97 Å². The first-order chi connectivity index (χ1) is 6.83. The van der Waals surface area contributed by atoms with Gasteiger partial charge in [-0.05, 0) is 6.92 Å². The van der Waals surface area contributed by atoms with Crippen molar-refractivity contribution in [2.24, 2.45) is 5.73 Å². The molecule has 5 nitrogen and oxygen atoms in total. The lowest BCUT2D eigenvalue weighted by molar-refractivity contribution is 0.151. The van der Waals surface area contributed by atoms with Crippen molar-refractivity contribution < 1.29 is 4.74 Å². The number of ether oxygens (including phenoxy) is 1. The summed E-state index contributed by atoms with van der Waals surface area (Å²) in [5.74, 6) is 0.828. The summed E-state index contributed by atoms with van der Waals surface area (Å²) in [6.45, 7) is 4.46. The van der Waals surface area contributed by atoms with Gasteiger partial charge in [0.2, 0.25) is 0 Å². The van der Waals surface area contributed by atoms with Crippen LogP contribution in [-0.2, 0) is 4.74 Å². The fraction of sp³-hybridized carbons (Fsp3) is 0.556. The molecular weight excluding hydrogens is 180 g/mol. The van der Waals surface area contributed by atoms with Gasteiger partial charge < -0.3 is 15.8 Å². The summed E-state index contributed by atoms with van der Waals surface area (Å²) in [6.07, 6.45) is 1.54. The molecule has 0 aliphatic heterocycles. The summed E-state index contributed by atoms with van der Waals surface area (Å²) in [6, 6.07) is 1.89. The van der Waals surface area contributed by atoms with E-state index in [4.69, 9.17) is 10.5 Å². The highest BCUT2D eigenvalue weighted by Crippen LogP contribution is 2.01. The zero-order chi connectivity index (χ0) is 10.2. The zero-order valence-corrected chi connectivity index (χ0v) is 8.36. The molecular formula is C9H16N4O. The molecule has 0 saturated carbocycles. The highest BCUT2D eigenvalue weighted by Gasteiger charge is 1.93. The highest BCUT2D eigenvalue weighted by molar-refractivity contribution is 5.34. The summed E-state index contributed by atoms with van der Waals surface area (Å²) in [5.41, 5.74) is 6.23. The molecule has 0 aromatic carbocycles. The minimum atomic E-state index is 0.562. The van der Waals surface area contributed by atoms with Crippen LogP contribution in [0, 0.1) is 6.92 Å². The Morgan fingerprint density at radius 2 is 2.29 bits per heavy atom. The van der Waals surface area contributed by atoms with Crippen LogP contribution in [0.2, 0.25) is 0 Å². The van der Waals surface area contributed by atoms with Crippen LogP contribution in [0.1, 0.15) is 5.69 Å². The van der Waals surface area contributed by atoms with E-state index in [1.807, 2.05) is 13.0 Å². The van der Waals surface area contributed by atoms with Crippen molar-refractivity contribution in [2.45, 2.75) is 6.92 Å². The normalized spacial score (nSPS) is 10.1. The van der Waals surface area contributed by atoms with Crippen LogP contribution in [0.15, 0.2) is 12.4 Å². The van der Waals surface area contributed by atoms with Gasteiger partial charge in [-0.3, -0.25) is 0 Å². The van der Waals surface area contributed by atoms with E-state index in [0.29, 0.717) is 19.8 Å². The van der Waals surface area contributed by atoms with E-state index >= 15 is 0 Å². The van der Waals surface area contributed by atoms with Crippen LogP contribution in [0.25, 0.3) is 0 Å². The monoisotopic (exact) mass is 196 g/mol. The number of nitrogens with two attached hydrogens (primary N) is 1. The number of aromatic nitrogens is 2. The average Bonchev–Trinajstić information content (AvgIpc) is 2.18. The minimum Gasteiger partial charge on any atom is -0.378 e. The molecule has 0 radical (unpaired) electrons. The van der Waals surface area contributed by atoms with Crippen LogP contribution in [0.4, 0.5) is 5.82 Å². The molecule has 0 bridgehead atoms. The maximum Gasteiger partial charge on any atom is 0.129 e. The molecule has 0 aliphatic carbocycles. The quantitative estimate of drug-likeness (QED) is 0.635. The number of rotatable bonds is 6. The van der Waals surface area contributed by atoms with E-state index in [0.717, 1.165) is 18.1 Å². The lowest BCUT2D eigenvalue weighted by atomic mass is 10.4. The Morgan fingerprint density at radius 1 is 1.43 bits per heavy atom. The van der Waals surface area contributed by atoms with E-state index in [-0.39, 0.29) is 0 Å². The molecule has 1 rings (SSSR count). The van der Waals surface area contributed by atoms with Crippen LogP contribution < -0.4 is 11.1 Å². The van der Waals surface area contributed by atoms with Gasteiger partial charge in [-0.15, -0.1) is 0 Å². The molecule has 0 amide bonds. The fourth-order valence-electron chi connectivity index (χ4n) is 0.988. The van der Waals surface area contributed by atoms with Gasteiger partial charge in [0.05, 0.1) is 13.2 Å². The fourth-order valence-corrected chi connectivity index (χ4v) is 0.988. The van der Waals surface area contributed by atoms with Gasteiger partial charge in [-0.1, -0.05) is 0 Å². The Hall–Kier alpha value is -1.20. The van der Waals surface area contributed by atoms with Crippen LogP contribution >= 0.6 is 0 Å². The summed E-state index contributed by atoms with van der Waals surface area (Å²) < 4.78 is 5.20. The first kappa shape index (κ1) is 10.9. The third-order valence-electron chi connectivity index (χ3n) is 1.62. The van der Waals surface area contributed by atoms with E-state index in [1.165, 1.54) is 0 Å². The number of nitrogens with zero attached hydrogens (tertiary/aromatic N) is 2. The number of nitrogens with one attached hydrogen (secondary N) is 1. The first-order valence-corrected chi connectivity index (χ1v) is 4.63. The number of hydrogen-bond donors (Lipinski definition) is 2. The van der Waals surface area contributed by atoms with E-state index in [2.05, 4.69) is 15.3 Å². The Bertz CT molecular complexity index is 267. The molecule has 14 heavy (non-hydrogen) atoms. The van der Waals surface area contributed by atoms with Crippen molar-refractivity contribution >= 4 is 5.82 Å². The van der Waals surface area contributed by atoms with Gasteiger partial charge in [0.15, 0.2) is 0 Å². The van der Waals surface area contributed by atoms with Gasteiger partial charge in [0, 0.05) is 24.8 Å². The molecule has 0 unspecified atom stereocenters. The first-order valence-electron chi connectivity index (χ1n) is 4.63. The predicted molar refractivity (Wildman–Crippen MR) is 55.1 cm³/mol. The summed E-state index contributed by atoms with van der Waals surface area (Å²) in [7, 11) is 0. The van der Waals surface area contributed by atoms with E-state index in [9.17, 15) is 0 Å². The molecule has 1 aromatic heterocycles. The average molecular weight is 196 g/mol. The van der Waals surface area contributed by atoms with Crippen molar-refractivity contribution in [1.29, 1.82) is 0 Å². The number of aryl methyl sites for hydroxylation is 1. The smallest absolute Gasteiger partial charge is 0.129 e. The van der Waals surface area contributed by atoms with Gasteiger partial charge >= 0.3 is 0 Å². The largest absolute Gasteiger partial charge is 0.378 e. The van der Waals surface area contributed by atoms with Crippen molar-refractivity contribution in [2.75, 3.05) is 31.6 Å². The molecule has 78 valence electrons. The lowest BCUT2D eigenvalue weighted by Crippen LogP contribution is -2.14. The molecule has 0 saturated heterocycles. The Kier molecular flexibility index (Phi) is 4.88. The standard InChI is InChI=1S/C9H16N4O/c1-8-6-9(13-7-12-8)11-3-5-14-4-2-10/h6-7H,2-5,10H2,1H3,(H,11,12,13). The molecule has 5 heteroatoms. The van der Waals surface area contributed by atoms with Gasteiger partial charge in [0.1, 0.15) is 12.1 Å². The van der Waals surface area contributed by atoms with E-state index in [1.54, 1.807) is 6.33 Å². The minimum absolute atomic E-state index is 0.562. The van der Waals surface area contributed by atoms with Crippen molar-refractivity contribution in [3.05, 3.63) is 18.1 Å². The second kappa shape index (κ2) is 6.28. The molecule has 0 fully saturated rings. The molecule has 1 heterocycles. The predicted octanol–water partition coefficient (Wildman–Crippen LogP) is 0.172. The SMILES string of the molecule is Cc1cc(NCCOCCN)ncn1. The van der Waals surface area contributed by atoms with E-state index < -0.39 is 0 Å². The number of hydrogen-bond acceptors (Lipinski definition) is 5. The molecule has 0 spiro atoms. The summed E-state index contributed by atoms with van der Waals surface area (Å²) in [5, 5.41) is 3.13. The lowest BCUT2D eigenvalue weighted by Gasteiger charge is -2.05. The maximum atomic E-state index is 5.28. The summed E-state index contributed by atoms with van der Waals surface area (Å²) >= 11 is 0. The van der Waals surface area contributed by atoms with Gasteiger partial charge in [0.25, 0.3) is 0 Å². The second-order valence-corrected chi connectivity index (χ2v) is 2.87. The molecule has 1 aromatic rings. The second-order valence-electron chi connectivity index (χ2n) is 2.87. The molecule has 3 N–H and O–H groups in total. The Labute approximate surface area is 83.7 Å². The summed E-state index contributed by atoms with van der Waals surface area (Å²) in [4.78, 5) is 8.05. The van der Waals surface area contributed by atoms with Gasteiger partial charge in [-0.2, -0.15) is 0 Å². The molecule has 0 aliphatic rings. The zero-order valence-electron chi connectivity index (χ0n) is 8.36. The van der Waals surface area contributed by atoms with Crippen molar-refractivity contribution in [3.8, 4) is 0 Å². The van der Waals surface area contributed by atoms with Crippen molar-refractivity contribution in [1.82, 2.24) is 9.97 Å². The Morgan fingerprint density at radius 3 is 3.00 bits per heavy atom.